The Kier molecular flexibility index (Phi) is 6.54. The summed E-state index contributed by atoms with van der Waals surface area (Å²) in [5, 5.41) is 29.4. The summed E-state index contributed by atoms with van der Waals surface area (Å²) >= 11 is 6.01. The highest BCUT2D eigenvalue weighted by Gasteiger charge is 2.44. The quantitative estimate of drug-likeness (QED) is 0.280. The minimum absolute atomic E-state index is 0.0101. The normalized spacial score (nSPS) is 19.9. The van der Waals surface area contributed by atoms with Crippen molar-refractivity contribution in [3.8, 4) is 0 Å². The molecular weight excluding hydrogens is 496 g/mol. The number of fused-ring (bicyclic) bond motifs is 1. The van der Waals surface area contributed by atoms with Gasteiger partial charge in [0.15, 0.2) is 0 Å². The average Bonchev–Trinajstić information content (AvgIpc) is 3.29. The number of nitrogens with zero attached hydrogens (tertiary/aromatic N) is 4. The molecule has 0 saturated heterocycles. The molecule has 1 heterocycles. The van der Waals surface area contributed by atoms with E-state index in [1.54, 1.807) is 48.5 Å². The summed E-state index contributed by atoms with van der Waals surface area (Å²) in [6.07, 6.45) is 4.13. The van der Waals surface area contributed by atoms with Crippen molar-refractivity contribution in [1.82, 2.24) is 5.01 Å². The zero-order chi connectivity index (χ0) is 26.1. The van der Waals surface area contributed by atoms with Gasteiger partial charge < -0.3 is 0 Å². The highest BCUT2D eigenvalue weighted by atomic mass is 35.5. The number of nitro benzene ring substituents is 2. The van der Waals surface area contributed by atoms with Gasteiger partial charge in [-0.1, -0.05) is 35.9 Å². The van der Waals surface area contributed by atoms with Gasteiger partial charge in [-0.15, -0.1) is 0 Å². The predicted octanol–water partition coefficient (Wildman–Crippen LogP) is 6.59. The number of amides is 1. The summed E-state index contributed by atoms with van der Waals surface area (Å²) in [4.78, 5) is 35.5. The van der Waals surface area contributed by atoms with Crippen LogP contribution in [-0.2, 0) is 0 Å². The summed E-state index contributed by atoms with van der Waals surface area (Å²) in [5.74, 6) is -0.526. The zero-order valence-corrected chi connectivity index (χ0v) is 20.2. The standard InChI is InChI=1S/C27H21ClN4O5/c28-21-12-10-18(11-13-21)27(33)30-26(20-6-2-8-23(16-20)32(36)37)24-9-3-5-19(25(24)29-30)14-17-4-1-7-22(15-17)31(34)35/h1-2,4,6-8,10-16,24,26H,3,5,9H2/b19-14+/t24-,26+/m0/s1. The summed E-state index contributed by atoms with van der Waals surface area (Å²) in [5.41, 5.74) is 3.22. The molecule has 0 spiro atoms. The molecule has 1 aliphatic carbocycles. The Hall–Kier alpha value is -4.37. The molecule has 0 bridgehead atoms. The van der Waals surface area contributed by atoms with Gasteiger partial charge in [0.05, 0.1) is 21.6 Å². The first-order valence-corrected chi connectivity index (χ1v) is 12.1. The Morgan fingerprint density at radius 1 is 0.973 bits per heavy atom. The van der Waals surface area contributed by atoms with Crippen LogP contribution in [0.1, 0.15) is 46.8 Å². The van der Waals surface area contributed by atoms with E-state index in [1.165, 1.54) is 29.3 Å². The molecule has 3 aromatic carbocycles. The van der Waals surface area contributed by atoms with Crippen LogP contribution < -0.4 is 0 Å². The Labute approximate surface area is 217 Å². The molecule has 9 nitrogen and oxygen atoms in total. The Bertz CT molecular complexity index is 1470. The number of carbonyl (C=O) groups excluding carboxylic acids is 1. The first-order chi connectivity index (χ1) is 17.8. The lowest BCUT2D eigenvalue weighted by Crippen LogP contribution is -2.32. The Balaban J connectivity index is 1.59. The molecule has 1 fully saturated rings. The van der Waals surface area contributed by atoms with E-state index in [9.17, 15) is 25.0 Å². The van der Waals surface area contributed by atoms with Crippen LogP contribution in [0.15, 0.2) is 83.5 Å². The molecule has 37 heavy (non-hydrogen) atoms. The van der Waals surface area contributed by atoms with E-state index >= 15 is 0 Å². The molecule has 10 heteroatoms. The number of non-ortho nitro benzene ring substituents is 2. The number of hydrogen-bond acceptors (Lipinski definition) is 6. The maximum Gasteiger partial charge on any atom is 0.274 e. The van der Waals surface area contributed by atoms with Crippen LogP contribution in [0, 0.1) is 26.1 Å². The van der Waals surface area contributed by atoms with E-state index in [4.69, 9.17) is 16.7 Å². The number of benzene rings is 3. The largest absolute Gasteiger partial charge is 0.274 e. The monoisotopic (exact) mass is 516 g/mol. The number of rotatable bonds is 5. The van der Waals surface area contributed by atoms with E-state index in [0.717, 1.165) is 24.1 Å². The molecule has 0 radical (unpaired) electrons. The van der Waals surface area contributed by atoms with Gasteiger partial charge in [0.1, 0.15) is 0 Å². The van der Waals surface area contributed by atoms with Crippen LogP contribution in [-0.4, -0.2) is 26.5 Å². The third-order valence-electron chi connectivity index (χ3n) is 6.65. The van der Waals surface area contributed by atoms with Crippen molar-refractivity contribution in [2.45, 2.75) is 25.3 Å². The molecule has 5 rings (SSSR count). The second-order valence-corrected chi connectivity index (χ2v) is 9.40. The summed E-state index contributed by atoms with van der Waals surface area (Å²) in [6.45, 7) is 0. The maximum atomic E-state index is 13.6. The Morgan fingerprint density at radius 2 is 1.65 bits per heavy atom. The third kappa shape index (κ3) is 4.85. The lowest BCUT2D eigenvalue weighted by atomic mass is 9.77. The number of nitro groups is 2. The molecule has 186 valence electrons. The minimum atomic E-state index is -0.535. The smallest absolute Gasteiger partial charge is 0.267 e. The second-order valence-electron chi connectivity index (χ2n) is 8.96. The van der Waals surface area contributed by atoms with Gasteiger partial charge in [0, 0.05) is 40.8 Å². The van der Waals surface area contributed by atoms with E-state index in [0.29, 0.717) is 28.1 Å². The second kappa shape index (κ2) is 9.94. The van der Waals surface area contributed by atoms with Gasteiger partial charge in [0.25, 0.3) is 17.3 Å². The van der Waals surface area contributed by atoms with Crippen molar-refractivity contribution in [1.29, 1.82) is 0 Å². The lowest BCUT2D eigenvalue weighted by molar-refractivity contribution is -0.385. The number of hydrazone groups is 1. The van der Waals surface area contributed by atoms with E-state index in [2.05, 4.69) is 0 Å². The third-order valence-corrected chi connectivity index (χ3v) is 6.90. The molecule has 0 aromatic heterocycles. The molecule has 0 N–H and O–H groups in total. The topological polar surface area (TPSA) is 119 Å². The number of carbonyl (C=O) groups is 1. The van der Waals surface area contributed by atoms with Gasteiger partial charge in [0.2, 0.25) is 0 Å². The first-order valence-electron chi connectivity index (χ1n) is 11.7. The van der Waals surface area contributed by atoms with Crippen molar-refractivity contribution in [3.63, 3.8) is 0 Å². The predicted molar refractivity (Wildman–Crippen MR) is 139 cm³/mol. The Morgan fingerprint density at radius 3 is 2.35 bits per heavy atom. The van der Waals surface area contributed by atoms with E-state index in [-0.39, 0.29) is 23.2 Å². The van der Waals surface area contributed by atoms with Crippen molar-refractivity contribution in [2.75, 3.05) is 0 Å². The zero-order valence-electron chi connectivity index (χ0n) is 19.5. The van der Waals surface area contributed by atoms with Crippen molar-refractivity contribution in [3.05, 3.63) is 120 Å². The number of allylic oxidation sites excluding steroid dienone is 1. The van der Waals surface area contributed by atoms with Crippen LogP contribution in [0.3, 0.4) is 0 Å². The highest BCUT2D eigenvalue weighted by Crippen LogP contribution is 2.45. The van der Waals surface area contributed by atoms with Crippen LogP contribution in [0.2, 0.25) is 5.02 Å². The molecule has 2 aliphatic rings. The van der Waals surface area contributed by atoms with Gasteiger partial charge in [-0.25, -0.2) is 5.01 Å². The summed E-state index contributed by atoms with van der Waals surface area (Å²) in [7, 11) is 0. The van der Waals surface area contributed by atoms with Crippen molar-refractivity contribution < 1.29 is 14.6 Å². The van der Waals surface area contributed by atoms with Gasteiger partial charge in [-0.3, -0.25) is 25.0 Å². The number of halogens is 1. The van der Waals surface area contributed by atoms with Crippen molar-refractivity contribution in [2.24, 2.45) is 11.0 Å². The fraction of sp³-hybridized carbons (Fsp3) is 0.185. The highest BCUT2D eigenvalue weighted by molar-refractivity contribution is 6.30. The van der Waals surface area contributed by atoms with E-state index in [1.807, 2.05) is 6.08 Å². The molecule has 2 atom stereocenters. The fourth-order valence-corrected chi connectivity index (χ4v) is 5.10. The SMILES string of the molecule is O=C(c1ccc(Cl)cc1)N1N=C2/C(=C/c3cccc([N+](=O)[O-])c3)CCC[C@@H]2[C@H]1c1cccc([N+](=O)[O-])c1. The van der Waals surface area contributed by atoms with Gasteiger partial charge >= 0.3 is 0 Å². The maximum absolute atomic E-state index is 13.6. The molecular formula is C27H21ClN4O5. The summed E-state index contributed by atoms with van der Waals surface area (Å²) in [6, 6.07) is 18.6. The lowest BCUT2D eigenvalue weighted by Gasteiger charge is -2.29. The first kappa shape index (κ1) is 24.3. The van der Waals surface area contributed by atoms with Crippen molar-refractivity contribution >= 4 is 40.7 Å². The molecule has 1 amide bonds. The average molecular weight is 517 g/mol. The van der Waals surface area contributed by atoms with Gasteiger partial charge in [-0.05, 0) is 66.3 Å². The minimum Gasteiger partial charge on any atom is -0.267 e. The van der Waals surface area contributed by atoms with Crippen LogP contribution in [0.5, 0.6) is 0 Å². The molecule has 1 saturated carbocycles. The van der Waals surface area contributed by atoms with Gasteiger partial charge in [-0.2, -0.15) is 5.10 Å². The van der Waals surface area contributed by atoms with Crippen LogP contribution in [0.25, 0.3) is 6.08 Å². The molecule has 3 aromatic rings. The molecule has 0 unspecified atom stereocenters. The summed E-state index contributed by atoms with van der Waals surface area (Å²) < 4.78 is 0. The van der Waals surface area contributed by atoms with Crippen LogP contribution in [0.4, 0.5) is 11.4 Å². The van der Waals surface area contributed by atoms with E-state index < -0.39 is 15.9 Å². The fourth-order valence-electron chi connectivity index (χ4n) is 4.98. The number of hydrogen-bond donors (Lipinski definition) is 0. The molecule has 1 aliphatic heterocycles. The van der Waals surface area contributed by atoms with Crippen LogP contribution >= 0.6 is 11.6 Å².